The van der Waals surface area contributed by atoms with E-state index in [1.165, 1.54) is 28.9 Å². The Kier molecular flexibility index (Phi) is 4.39. The van der Waals surface area contributed by atoms with Gasteiger partial charge in [-0.3, -0.25) is 4.98 Å². The van der Waals surface area contributed by atoms with Crippen molar-refractivity contribution in [3.63, 3.8) is 0 Å². The highest BCUT2D eigenvalue weighted by Gasteiger charge is 2.32. The smallest absolute Gasteiger partial charge is 0.256 e. The van der Waals surface area contributed by atoms with Crippen molar-refractivity contribution in [1.29, 1.82) is 0 Å². The Labute approximate surface area is 118 Å². The molecule has 1 fully saturated rings. The van der Waals surface area contributed by atoms with Gasteiger partial charge in [-0.1, -0.05) is 11.6 Å². The van der Waals surface area contributed by atoms with Crippen LogP contribution in [-0.4, -0.2) is 54.2 Å². The SMILES string of the molecule is CN(C)S(=O)(=O)N1CCC[C@@H](c2nccnc2Cl)C1. The second-order valence-corrected chi connectivity index (χ2v) is 7.22. The van der Waals surface area contributed by atoms with Crippen molar-refractivity contribution in [1.82, 2.24) is 18.6 Å². The maximum atomic E-state index is 12.1. The zero-order valence-electron chi connectivity index (χ0n) is 11.0. The molecule has 0 aliphatic carbocycles. The van der Waals surface area contributed by atoms with Crippen LogP contribution in [0.1, 0.15) is 24.5 Å². The summed E-state index contributed by atoms with van der Waals surface area (Å²) in [5, 5.41) is 0.358. The van der Waals surface area contributed by atoms with E-state index in [1.54, 1.807) is 6.20 Å². The Morgan fingerprint density at radius 2 is 2.05 bits per heavy atom. The van der Waals surface area contributed by atoms with E-state index in [0.717, 1.165) is 12.8 Å². The van der Waals surface area contributed by atoms with Crippen molar-refractivity contribution in [2.45, 2.75) is 18.8 Å². The molecular weight excluding hydrogens is 288 g/mol. The summed E-state index contributed by atoms with van der Waals surface area (Å²) in [5.41, 5.74) is 0.683. The fourth-order valence-electron chi connectivity index (χ4n) is 2.21. The number of hydrogen-bond donors (Lipinski definition) is 0. The van der Waals surface area contributed by atoms with Crippen LogP contribution in [0.4, 0.5) is 0 Å². The molecule has 1 aromatic heterocycles. The van der Waals surface area contributed by atoms with Crippen LogP contribution in [0.25, 0.3) is 0 Å². The van der Waals surface area contributed by atoms with Gasteiger partial charge in [0.2, 0.25) is 0 Å². The predicted octanol–water partition coefficient (Wildman–Crippen LogP) is 1.12. The molecule has 1 atom stereocenters. The topological polar surface area (TPSA) is 66.4 Å². The summed E-state index contributed by atoms with van der Waals surface area (Å²) >= 11 is 6.03. The third-order valence-corrected chi connectivity index (χ3v) is 5.44. The largest absolute Gasteiger partial charge is 0.281 e. The molecule has 106 valence electrons. The molecule has 6 nitrogen and oxygen atoms in total. The van der Waals surface area contributed by atoms with Crippen LogP contribution < -0.4 is 0 Å². The van der Waals surface area contributed by atoms with Crippen LogP contribution in [0.2, 0.25) is 5.15 Å². The highest BCUT2D eigenvalue weighted by Crippen LogP contribution is 2.30. The first-order valence-electron chi connectivity index (χ1n) is 6.07. The zero-order chi connectivity index (χ0) is 14.0. The van der Waals surface area contributed by atoms with Gasteiger partial charge in [0.15, 0.2) is 5.15 Å². The van der Waals surface area contributed by atoms with Gasteiger partial charge in [-0.15, -0.1) is 0 Å². The predicted molar refractivity (Wildman–Crippen MR) is 73.2 cm³/mol. The van der Waals surface area contributed by atoms with Crippen LogP contribution in [-0.2, 0) is 10.2 Å². The van der Waals surface area contributed by atoms with Crippen molar-refractivity contribution in [3.05, 3.63) is 23.2 Å². The van der Waals surface area contributed by atoms with Crippen molar-refractivity contribution in [3.8, 4) is 0 Å². The standard InChI is InChI=1S/C11H17ClN4O2S/c1-15(2)19(17,18)16-7-3-4-9(8-16)10-11(12)14-6-5-13-10/h5-6,9H,3-4,7-8H2,1-2H3/t9-/m1/s1. The van der Waals surface area contributed by atoms with Crippen LogP contribution in [0, 0.1) is 0 Å². The molecule has 1 aromatic rings. The van der Waals surface area contributed by atoms with Crippen molar-refractivity contribution < 1.29 is 8.42 Å². The third kappa shape index (κ3) is 3.05. The van der Waals surface area contributed by atoms with Crippen LogP contribution in [0.15, 0.2) is 12.4 Å². The zero-order valence-corrected chi connectivity index (χ0v) is 12.5. The summed E-state index contributed by atoms with van der Waals surface area (Å²) in [5.74, 6) is 0.00433. The lowest BCUT2D eigenvalue weighted by Crippen LogP contribution is -2.45. The molecule has 1 aliphatic rings. The first-order valence-corrected chi connectivity index (χ1v) is 7.84. The van der Waals surface area contributed by atoms with Gasteiger partial charge in [0.05, 0.1) is 5.69 Å². The third-order valence-electron chi connectivity index (χ3n) is 3.24. The molecule has 8 heteroatoms. The summed E-state index contributed by atoms with van der Waals surface area (Å²) in [6.45, 7) is 0.938. The Balaban J connectivity index is 2.21. The molecule has 0 radical (unpaired) electrons. The van der Waals surface area contributed by atoms with E-state index in [2.05, 4.69) is 9.97 Å². The Morgan fingerprint density at radius 1 is 1.37 bits per heavy atom. The quantitative estimate of drug-likeness (QED) is 0.839. The van der Waals surface area contributed by atoms with Crippen LogP contribution >= 0.6 is 11.6 Å². The number of nitrogens with zero attached hydrogens (tertiary/aromatic N) is 4. The molecule has 0 saturated carbocycles. The maximum Gasteiger partial charge on any atom is 0.281 e. The van der Waals surface area contributed by atoms with E-state index in [9.17, 15) is 8.42 Å². The minimum absolute atomic E-state index is 0.00433. The number of aromatic nitrogens is 2. The van der Waals surface area contributed by atoms with Crippen molar-refractivity contribution >= 4 is 21.8 Å². The van der Waals surface area contributed by atoms with Crippen molar-refractivity contribution in [2.75, 3.05) is 27.2 Å². The number of rotatable bonds is 3. The van der Waals surface area contributed by atoms with Crippen LogP contribution in [0.3, 0.4) is 0 Å². The first-order chi connectivity index (χ1) is 8.93. The molecule has 0 N–H and O–H groups in total. The molecule has 0 amide bonds. The Bertz CT molecular complexity index is 549. The van der Waals surface area contributed by atoms with Gasteiger partial charge in [-0.05, 0) is 12.8 Å². The molecule has 0 spiro atoms. The molecule has 19 heavy (non-hydrogen) atoms. The number of halogens is 1. The Hall–Kier alpha value is -0.760. The lowest BCUT2D eigenvalue weighted by atomic mass is 9.96. The fraction of sp³-hybridized carbons (Fsp3) is 0.636. The van der Waals surface area contributed by atoms with Gasteiger partial charge in [0.25, 0.3) is 10.2 Å². The molecule has 1 aliphatic heterocycles. The van der Waals surface area contributed by atoms with Gasteiger partial charge in [-0.25, -0.2) is 4.98 Å². The molecule has 2 heterocycles. The minimum atomic E-state index is -3.38. The first kappa shape index (κ1) is 14.6. The fourth-order valence-corrected chi connectivity index (χ4v) is 3.66. The van der Waals surface area contributed by atoms with E-state index in [4.69, 9.17) is 11.6 Å². The average molecular weight is 305 g/mol. The monoisotopic (exact) mass is 304 g/mol. The molecule has 1 saturated heterocycles. The highest BCUT2D eigenvalue weighted by molar-refractivity contribution is 7.86. The van der Waals surface area contributed by atoms with E-state index in [1.807, 2.05) is 0 Å². The van der Waals surface area contributed by atoms with Gasteiger partial charge < -0.3 is 0 Å². The summed E-state index contributed by atoms with van der Waals surface area (Å²) < 4.78 is 27.0. The number of hydrogen-bond acceptors (Lipinski definition) is 4. The summed E-state index contributed by atoms with van der Waals surface area (Å²) in [6, 6.07) is 0. The maximum absolute atomic E-state index is 12.1. The van der Waals surface area contributed by atoms with Gasteiger partial charge in [0.1, 0.15) is 0 Å². The summed E-state index contributed by atoms with van der Waals surface area (Å²) in [6.07, 6.45) is 4.78. The average Bonchev–Trinajstić information content (AvgIpc) is 2.39. The highest BCUT2D eigenvalue weighted by atomic mass is 35.5. The van der Waals surface area contributed by atoms with Gasteiger partial charge in [0, 0.05) is 45.5 Å². The van der Waals surface area contributed by atoms with Crippen LogP contribution in [0.5, 0.6) is 0 Å². The van der Waals surface area contributed by atoms with Crippen molar-refractivity contribution in [2.24, 2.45) is 0 Å². The molecular formula is C11H17ClN4O2S. The summed E-state index contributed by atoms with van der Waals surface area (Å²) in [4.78, 5) is 8.23. The minimum Gasteiger partial charge on any atom is -0.256 e. The lowest BCUT2D eigenvalue weighted by Gasteiger charge is -2.33. The lowest BCUT2D eigenvalue weighted by molar-refractivity contribution is 0.296. The second kappa shape index (κ2) is 5.70. The van der Waals surface area contributed by atoms with E-state index in [-0.39, 0.29) is 5.92 Å². The number of piperidine rings is 1. The normalized spacial score (nSPS) is 21.8. The van der Waals surface area contributed by atoms with E-state index < -0.39 is 10.2 Å². The Morgan fingerprint density at radius 3 is 2.68 bits per heavy atom. The van der Waals surface area contributed by atoms with Gasteiger partial charge in [-0.2, -0.15) is 17.0 Å². The molecule has 2 rings (SSSR count). The molecule has 0 bridgehead atoms. The van der Waals surface area contributed by atoms with E-state index in [0.29, 0.717) is 23.9 Å². The molecule has 0 unspecified atom stereocenters. The van der Waals surface area contributed by atoms with E-state index >= 15 is 0 Å². The summed E-state index contributed by atoms with van der Waals surface area (Å²) in [7, 11) is -0.306. The molecule has 0 aromatic carbocycles. The van der Waals surface area contributed by atoms with Gasteiger partial charge >= 0.3 is 0 Å². The second-order valence-electron chi connectivity index (χ2n) is 4.72.